The number of nitrogens with zero attached hydrogens (tertiary/aromatic N) is 2. The van der Waals surface area contributed by atoms with E-state index in [9.17, 15) is 31.5 Å². The van der Waals surface area contributed by atoms with E-state index in [1.165, 1.54) is 11.0 Å². The van der Waals surface area contributed by atoms with E-state index in [2.05, 4.69) is 11.4 Å². The average Bonchev–Trinajstić information content (AvgIpc) is 3.06. The summed E-state index contributed by atoms with van der Waals surface area (Å²) < 4.78 is 65.7. The first-order valence-electron chi connectivity index (χ1n) is 14.2. The number of para-hydroxylation sites is 2. The van der Waals surface area contributed by atoms with Crippen LogP contribution in [0.2, 0.25) is 0 Å². The highest BCUT2D eigenvalue weighted by Gasteiger charge is 2.38. The predicted molar refractivity (Wildman–Crippen MR) is 164 cm³/mol. The van der Waals surface area contributed by atoms with Gasteiger partial charge in [0.05, 0.1) is 23.9 Å². The van der Waals surface area contributed by atoms with E-state index in [-0.39, 0.29) is 37.4 Å². The Morgan fingerprint density at radius 3 is 2.10 bits per heavy atom. The number of hydrogen-bond donors (Lipinski definition) is 3. The quantitative estimate of drug-likeness (QED) is 0.158. The van der Waals surface area contributed by atoms with Gasteiger partial charge in [-0.1, -0.05) is 42.5 Å². The first-order valence-corrected chi connectivity index (χ1v) is 14.2. The number of carboxylic acids is 1. The molecule has 0 heterocycles. The molecule has 0 aliphatic carbocycles. The van der Waals surface area contributed by atoms with Crippen LogP contribution in [0.1, 0.15) is 35.1 Å². The maximum atomic E-state index is 13.9. The number of ether oxygens (including phenoxy) is 1. The number of alkyl halides is 3. The molecule has 0 aliphatic heterocycles. The smallest absolute Gasteiger partial charge is 0.475 e. The summed E-state index contributed by atoms with van der Waals surface area (Å²) in [6, 6.07) is 26.7. The fraction of sp³-hybridized carbons (Fsp3) is 0.176. The molecule has 0 radical (unpaired) electrons. The summed E-state index contributed by atoms with van der Waals surface area (Å²) in [5.41, 5.74) is 8.12. The third kappa shape index (κ3) is 10.9. The minimum Gasteiger partial charge on any atom is -0.475 e. The first kappa shape index (κ1) is 36.7. The lowest BCUT2D eigenvalue weighted by Gasteiger charge is -2.25. The van der Waals surface area contributed by atoms with Crippen molar-refractivity contribution in [3.05, 3.63) is 125 Å². The number of hydrogen-bond acceptors (Lipinski definition) is 6. The highest BCUT2D eigenvalue weighted by atomic mass is 19.4. The van der Waals surface area contributed by atoms with E-state index < -0.39 is 29.7 Å². The Labute approximate surface area is 272 Å². The fourth-order valence-corrected chi connectivity index (χ4v) is 4.14. The number of carboxylic acid groups (broad SMARTS) is 1. The fourth-order valence-electron chi connectivity index (χ4n) is 4.14. The number of carbonyl (C=O) groups excluding carboxylic acids is 2. The summed E-state index contributed by atoms with van der Waals surface area (Å²) in [6.45, 7) is 0.155. The number of benzene rings is 4. The van der Waals surface area contributed by atoms with Crippen molar-refractivity contribution in [2.75, 3.05) is 4.90 Å². The molecule has 48 heavy (non-hydrogen) atoms. The van der Waals surface area contributed by atoms with Crippen LogP contribution in [0, 0.1) is 23.0 Å². The lowest BCUT2D eigenvalue weighted by Crippen LogP contribution is -2.32. The molecule has 0 bridgehead atoms. The monoisotopic (exact) mass is 668 g/mol. The molecule has 14 heteroatoms. The van der Waals surface area contributed by atoms with E-state index >= 15 is 0 Å². The Morgan fingerprint density at radius 2 is 1.50 bits per heavy atom. The van der Waals surface area contributed by atoms with Crippen LogP contribution in [0.25, 0.3) is 0 Å². The molecular weight excluding hydrogens is 639 g/mol. The lowest BCUT2D eigenvalue weighted by atomic mass is 10.1. The number of amides is 2. The Morgan fingerprint density at radius 1 is 0.875 bits per heavy atom. The van der Waals surface area contributed by atoms with Crippen LogP contribution in [-0.2, 0) is 34.0 Å². The maximum Gasteiger partial charge on any atom is 0.490 e. The number of halogens is 5. The van der Waals surface area contributed by atoms with Gasteiger partial charge in [0.1, 0.15) is 17.4 Å². The van der Waals surface area contributed by atoms with E-state index in [0.29, 0.717) is 29.3 Å². The zero-order valence-electron chi connectivity index (χ0n) is 25.1. The molecule has 0 saturated heterocycles. The van der Waals surface area contributed by atoms with Crippen LogP contribution in [0.4, 0.5) is 27.6 Å². The predicted octanol–water partition coefficient (Wildman–Crippen LogP) is 6.35. The van der Waals surface area contributed by atoms with Crippen molar-refractivity contribution in [3.63, 3.8) is 0 Å². The summed E-state index contributed by atoms with van der Waals surface area (Å²) in [5, 5.41) is 18.7. The van der Waals surface area contributed by atoms with Gasteiger partial charge in [-0.15, -0.1) is 0 Å². The molecule has 0 unspecified atom stereocenters. The molecule has 0 aliphatic rings. The van der Waals surface area contributed by atoms with E-state index in [1.54, 1.807) is 54.6 Å². The minimum atomic E-state index is -5.08. The Hall–Kier alpha value is -5.81. The molecule has 9 nitrogen and oxygen atoms in total. The summed E-state index contributed by atoms with van der Waals surface area (Å²) in [7, 11) is 0. The zero-order valence-corrected chi connectivity index (χ0v) is 25.1. The van der Waals surface area contributed by atoms with Gasteiger partial charge in [-0.05, 0) is 59.7 Å². The number of rotatable bonds is 11. The van der Waals surface area contributed by atoms with Crippen molar-refractivity contribution in [1.29, 1.82) is 5.26 Å². The molecule has 0 fully saturated rings. The van der Waals surface area contributed by atoms with Gasteiger partial charge in [0, 0.05) is 31.5 Å². The minimum absolute atomic E-state index is 0.149. The van der Waals surface area contributed by atoms with Gasteiger partial charge in [-0.25, -0.2) is 13.6 Å². The van der Waals surface area contributed by atoms with Crippen LogP contribution >= 0.6 is 0 Å². The first-order chi connectivity index (χ1) is 22.8. The second-order valence-electron chi connectivity index (χ2n) is 9.99. The van der Waals surface area contributed by atoms with E-state index in [0.717, 1.165) is 23.3 Å². The van der Waals surface area contributed by atoms with Crippen LogP contribution in [0.15, 0.2) is 91.0 Å². The number of nitrogens with one attached hydrogen (secondary N) is 1. The number of carbonyl (C=O) groups is 3. The Kier molecular flexibility index (Phi) is 13.1. The van der Waals surface area contributed by atoms with Gasteiger partial charge in [0.25, 0.3) is 0 Å². The third-order valence-electron chi connectivity index (χ3n) is 6.58. The van der Waals surface area contributed by atoms with Gasteiger partial charge in [-0.3, -0.25) is 9.59 Å². The number of anilines is 1. The number of nitrogens with two attached hydrogens (primary N) is 1. The molecule has 4 aromatic rings. The molecule has 2 amide bonds. The Balaban J connectivity index is 0.000000804. The SMILES string of the molecule is N#Cc1ccc(CN(C(=O)CCC(=O)NCc2c(F)cccc2F)c2ccccc2Oc2cccc(CN)c2)cc1.O=C(O)C(F)(F)F. The number of aliphatic carboxylic acids is 1. The summed E-state index contributed by atoms with van der Waals surface area (Å²) >= 11 is 0. The largest absolute Gasteiger partial charge is 0.490 e. The van der Waals surface area contributed by atoms with Gasteiger partial charge < -0.3 is 25.8 Å². The normalized spacial score (nSPS) is 10.6. The summed E-state index contributed by atoms with van der Waals surface area (Å²) in [4.78, 5) is 36.5. The van der Waals surface area contributed by atoms with E-state index in [4.69, 9.17) is 25.6 Å². The van der Waals surface area contributed by atoms with Gasteiger partial charge in [0.2, 0.25) is 11.8 Å². The van der Waals surface area contributed by atoms with Crippen molar-refractivity contribution in [2.24, 2.45) is 5.73 Å². The summed E-state index contributed by atoms with van der Waals surface area (Å²) in [6.07, 6.45) is -5.45. The molecule has 4 N–H and O–H groups in total. The van der Waals surface area contributed by atoms with Crippen molar-refractivity contribution in [1.82, 2.24) is 5.32 Å². The van der Waals surface area contributed by atoms with Gasteiger partial charge in [-0.2, -0.15) is 18.4 Å². The van der Waals surface area contributed by atoms with Gasteiger partial charge >= 0.3 is 12.1 Å². The molecular formula is C34H29F5N4O5. The van der Waals surface area contributed by atoms with Crippen LogP contribution < -0.4 is 20.7 Å². The van der Waals surface area contributed by atoms with Crippen molar-refractivity contribution in [2.45, 2.75) is 38.7 Å². The van der Waals surface area contributed by atoms with Crippen molar-refractivity contribution >= 4 is 23.5 Å². The molecule has 0 saturated carbocycles. The summed E-state index contributed by atoms with van der Waals surface area (Å²) in [5.74, 6) is -4.20. The highest BCUT2D eigenvalue weighted by molar-refractivity contribution is 5.96. The van der Waals surface area contributed by atoms with Crippen molar-refractivity contribution < 1.29 is 46.2 Å². The topological polar surface area (TPSA) is 146 Å². The van der Waals surface area contributed by atoms with Crippen LogP contribution in [0.5, 0.6) is 11.5 Å². The van der Waals surface area contributed by atoms with Crippen LogP contribution in [0.3, 0.4) is 0 Å². The maximum absolute atomic E-state index is 13.9. The second kappa shape index (κ2) is 17.2. The third-order valence-corrected chi connectivity index (χ3v) is 6.58. The molecule has 4 rings (SSSR count). The standard InChI is InChI=1S/C32H28F2N4O3.C2HF3O2/c33-27-7-4-8-28(34)26(27)20-37-31(39)15-16-32(40)38(21-23-13-11-22(18-35)12-14-23)29-9-1-2-10-30(29)41-25-6-3-5-24(17-25)19-36;3-2(4,5)1(6)7/h1-14,17H,15-16,19-21,36H2,(H,37,39);(H,6,7). The average molecular weight is 669 g/mol. The molecule has 0 aromatic heterocycles. The lowest BCUT2D eigenvalue weighted by molar-refractivity contribution is -0.192. The molecule has 0 spiro atoms. The molecule has 4 aromatic carbocycles. The molecule has 0 atom stereocenters. The zero-order chi connectivity index (χ0) is 35.3. The second-order valence-corrected chi connectivity index (χ2v) is 9.99. The highest BCUT2D eigenvalue weighted by Crippen LogP contribution is 2.34. The van der Waals surface area contributed by atoms with E-state index in [1.807, 2.05) is 18.2 Å². The van der Waals surface area contributed by atoms with Crippen LogP contribution in [-0.4, -0.2) is 29.1 Å². The van der Waals surface area contributed by atoms with Crippen molar-refractivity contribution in [3.8, 4) is 17.6 Å². The molecule has 250 valence electrons. The Bertz CT molecular complexity index is 1750. The number of nitriles is 1. The van der Waals surface area contributed by atoms with Gasteiger partial charge in [0.15, 0.2) is 5.75 Å².